The summed E-state index contributed by atoms with van der Waals surface area (Å²) < 4.78 is 0. The van der Waals surface area contributed by atoms with E-state index in [1.54, 1.807) is 5.06 Å². The van der Waals surface area contributed by atoms with E-state index >= 15 is 0 Å². The van der Waals surface area contributed by atoms with Gasteiger partial charge in [0, 0.05) is 12.5 Å². The van der Waals surface area contributed by atoms with Crippen molar-refractivity contribution in [3.05, 3.63) is 29.5 Å². The molecule has 0 aromatic rings. The Hall–Kier alpha value is -1.25. The molecule has 0 aromatic carbocycles. The lowest BCUT2D eigenvalue weighted by atomic mass is 9.97. The first kappa shape index (κ1) is 17.1. The quantitative estimate of drug-likeness (QED) is 0.652. The van der Waals surface area contributed by atoms with E-state index in [2.05, 4.69) is 22.9 Å². The van der Waals surface area contributed by atoms with Gasteiger partial charge in [0.1, 0.15) is 0 Å². The van der Waals surface area contributed by atoms with Gasteiger partial charge in [-0.3, -0.25) is 10.2 Å². The molecule has 124 valence electrons. The first-order valence-corrected chi connectivity index (χ1v) is 7.76. The predicted octanol–water partition coefficient (Wildman–Crippen LogP) is 0.992. The van der Waals surface area contributed by atoms with Gasteiger partial charge < -0.3 is 15.8 Å². The molecule has 1 saturated heterocycles. The Morgan fingerprint density at radius 2 is 2.32 bits per heavy atom. The van der Waals surface area contributed by atoms with E-state index in [4.69, 9.17) is 9.94 Å². The summed E-state index contributed by atoms with van der Waals surface area (Å²) in [6, 6.07) is -0.113. The van der Waals surface area contributed by atoms with E-state index < -0.39 is 5.97 Å². The standard InChI is InChI=1S/C15H24N3O4/c19-14(20)11-22-18-10-8-13(17-21)7-4-9-16-15(18)12-5-2-1-3-6-12/h1-3,5,12-13,15-17H,4,6-11H2,(H,19,20)/q-1. The lowest BCUT2D eigenvalue weighted by Crippen LogP contribution is -2.51. The minimum absolute atomic E-state index is 0.0917. The average Bonchev–Trinajstić information content (AvgIpc) is 2.63. The summed E-state index contributed by atoms with van der Waals surface area (Å²) in [7, 11) is 0. The van der Waals surface area contributed by atoms with E-state index in [0.29, 0.717) is 13.0 Å². The summed E-state index contributed by atoms with van der Waals surface area (Å²) in [5.74, 6) is -0.785. The zero-order chi connectivity index (χ0) is 15.8. The van der Waals surface area contributed by atoms with E-state index in [0.717, 1.165) is 25.8 Å². The van der Waals surface area contributed by atoms with Crippen LogP contribution in [0.25, 0.3) is 0 Å². The van der Waals surface area contributed by atoms with Gasteiger partial charge >= 0.3 is 5.97 Å². The van der Waals surface area contributed by atoms with Gasteiger partial charge in [-0.15, -0.1) is 0 Å². The van der Waals surface area contributed by atoms with E-state index in [1.165, 1.54) is 0 Å². The highest BCUT2D eigenvalue weighted by molar-refractivity contribution is 5.67. The molecular weight excluding hydrogens is 286 g/mol. The number of nitrogens with one attached hydrogen (secondary N) is 2. The number of carboxylic acids is 1. The van der Waals surface area contributed by atoms with Crippen LogP contribution >= 0.6 is 0 Å². The van der Waals surface area contributed by atoms with Crippen molar-refractivity contribution in [2.75, 3.05) is 19.7 Å². The first-order valence-electron chi connectivity index (χ1n) is 7.76. The number of hydroxylamine groups is 3. The Labute approximate surface area is 130 Å². The molecule has 3 unspecified atom stereocenters. The van der Waals surface area contributed by atoms with Crippen LogP contribution in [0.4, 0.5) is 0 Å². The van der Waals surface area contributed by atoms with Crippen LogP contribution in [0, 0.1) is 11.1 Å². The van der Waals surface area contributed by atoms with Gasteiger partial charge in [-0.1, -0.05) is 24.3 Å². The maximum Gasteiger partial charge on any atom is 0.331 e. The van der Waals surface area contributed by atoms with Gasteiger partial charge in [-0.25, -0.2) is 4.79 Å². The fourth-order valence-electron chi connectivity index (χ4n) is 2.87. The summed E-state index contributed by atoms with van der Waals surface area (Å²) in [5, 5.41) is 25.0. The highest BCUT2D eigenvalue weighted by Gasteiger charge is 2.28. The second kappa shape index (κ2) is 9.02. The monoisotopic (exact) mass is 310 g/mol. The van der Waals surface area contributed by atoms with Crippen molar-refractivity contribution in [1.29, 1.82) is 0 Å². The SMILES string of the molecule is O=C(O)CON1CCC(N[O-])CCCNC1C1C=CC=CC1. The van der Waals surface area contributed by atoms with Gasteiger partial charge in [0.05, 0.1) is 6.17 Å². The van der Waals surface area contributed by atoms with Crippen LogP contribution in [0.15, 0.2) is 24.3 Å². The molecule has 1 heterocycles. The molecule has 2 aliphatic rings. The number of carbonyl (C=O) groups is 1. The fraction of sp³-hybridized carbons (Fsp3) is 0.667. The van der Waals surface area contributed by atoms with Crippen LogP contribution in [0.5, 0.6) is 0 Å². The molecule has 3 atom stereocenters. The largest absolute Gasteiger partial charge is 0.788 e. The molecule has 22 heavy (non-hydrogen) atoms. The molecule has 7 nitrogen and oxygen atoms in total. The smallest absolute Gasteiger partial charge is 0.331 e. The summed E-state index contributed by atoms with van der Waals surface area (Å²) in [6.45, 7) is 0.905. The van der Waals surface area contributed by atoms with Crippen molar-refractivity contribution in [2.45, 2.75) is 37.9 Å². The maximum absolute atomic E-state index is 11.0. The highest BCUT2D eigenvalue weighted by atomic mass is 16.7. The number of hydrogen-bond acceptors (Lipinski definition) is 6. The topological polar surface area (TPSA) is 96.9 Å². The summed E-state index contributed by atoms with van der Waals surface area (Å²) in [6.07, 6.45) is 11.3. The molecule has 0 saturated carbocycles. The number of rotatable bonds is 5. The minimum atomic E-state index is -1.00. The van der Waals surface area contributed by atoms with Gasteiger partial charge in [0.15, 0.2) is 6.61 Å². The number of aliphatic carboxylic acids is 1. The fourth-order valence-corrected chi connectivity index (χ4v) is 2.87. The predicted molar refractivity (Wildman–Crippen MR) is 82.6 cm³/mol. The molecular formula is C15H24N3O4-. The lowest BCUT2D eigenvalue weighted by Gasteiger charge is -2.35. The zero-order valence-corrected chi connectivity index (χ0v) is 12.6. The molecule has 0 spiro atoms. The first-order chi connectivity index (χ1) is 10.7. The van der Waals surface area contributed by atoms with E-state index in [9.17, 15) is 10.0 Å². The molecule has 1 aliphatic heterocycles. The number of carboxylic acid groups (broad SMARTS) is 1. The molecule has 1 fully saturated rings. The second-order valence-corrected chi connectivity index (χ2v) is 5.67. The summed E-state index contributed by atoms with van der Waals surface area (Å²) in [4.78, 5) is 16.3. The molecule has 7 heteroatoms. The summed E-state index contributed by atoms with van der Waals surface area (Å²) in [5.41, 5.74) is 2.08. The van der Waals surface area contributed by atoms with Crippen LogP contribution in [-0.4, -0.2) is 48.0 Å². The average molecular weight is 310 g/mol. The van der Waals surface area contributed by atoms with Crippen LogP contribution < -0.4 is 10.8 Å². The molecule has 1 aliphatic carbocycles. The molecule has 0 radical (unpaired) electrons. The van der Waals surface area contributed by atoms with Gasteiger partial charge in [0.25, 0.3) is 0 Å². The Bertz CT molecular complexity index is 414. The van der Waals surface area contributed by atoms with Crippen molar-refractivity contribution in [3.8, 4) is 0 Å². The number of hydrogen-bond donors (Lipinski definition) is 3. The minimum Gasteiger partial charge on any atom is -0.788 e. The second-order valence-electron chi connectivity index (χ2n) is 5.67. The number of allylic oxidation sites excluding steroid dienone is 3. The third-order valence-electron chi connectivity index (χ3n) is 4.03. The van der Waals surface area contributed by atoms with Gasteiger partial charge in [0.2, 0.25) is 0 Å². The lowest BCUT2D eigenvalue weighted by molar-refractivity contribution is -0.209. The molecule has 2 rings (SSSR count). The van der Waals surface area contributed by atoms with Gasteiger partial charge in [-0.05, 0) is 38.3 Å². The highest BCUT2D eigenvalue weighted by Crippen LogP contribution is 2.21. The molecule has 0 bridgehead atoms. The molecule has 3 N–H and O–H groups in total. The third-order valence-corrected chi connectivity index (χ3v) is 4.03. The van der Waals surface area contributed by atoms with Crippen molar-refractivity contribution in [2.24, 2.45) is 5.92 Å². The van der Waals surface area contributed by atoms with E-state index in [-0.39, 0.29) is 24.7 Å². The third kappa shape index (κ3) is 5.19. The molecule has 0 aromatic heterocycles. The Kier molecular flexibility index (Phi) is 7.01. The van der Waals surface area contributed by atoms with Crippen molar-refractivity contribution in [3.63, 3.8) is 0 Å². The Morgan fingerprint density at radius 1 is 1.45 bits per heavy atom. The van der Waals surface area contributed by atoms with Crippen LogP contribution in [0.2, 0.25) is 0 Å². The van der Waals surface area contributed by atoms with Crippen molar-refractivity contribution < 1.29 is 14.7 Å². The Balaban J connectivity index is 2.06. The maximum atomic E-state index is 11.0. The van der Waals surface area contributed by atoms with Crippen LogP contribution in [0.3, 0.4) is 0 Å². The van der Waals surface area contributed by atoms with Crippen LogP contribution in [0.1, 0.15) is 25.7 Å². The normalized spacial score (nSPS) is 30.5. The number of nitrogens with zero attached hydrogens (tertiary/aromatic N) is 1. The van der Waals surface area contributed by atoms with Crippen molar-refractivity contribution in [1.82, 2.24) is 15.9 Å². The van der Waals surface area contributed by atoms with E-state index in [1.807, 2.05) is 12.2 Å². The van der Waals surface area contributed by atoms with Gasteiger partial charge in [-0.2, -0.15) is 5.06 Å². The van der Waals surface area contributed by atoms with Crippen molar-refractivity contribution >= 4 is 5.97 Å². The Morgan fingerprint density at radius 3 is 3.00 bits per heavy atom. The molecule has 0 amide bonds. The zero-order valence-electron chi connectivity index (χ0n) is 12.6. The summed E-state index contributed by atoms with van der Waals surface area (Å²) >= 11 is 0. The van der Waals surface area contributed by atoms with Crippen LogP contribution in [-0.2, 0) is 9.63 Å².